The average molecular weight is 437 g/mol. The molecule has 1 fully saturated rings. The monoisotopic (exact) mass is 436 g/mol. The molecule has 152 valence electrons. The molecule has 4 aromatic rings. The predicted molar refractivity (Wildman–Crippen MR) is 121 cm³/mol. The van der Waals surface area contributed by atoms with Gasteiger partial charge < -0.3 is 5.32 Å². The number of nitrogens with one attached hydrogen (secondary N) is 1. The fourth-order valence-corrected chi connectivity index (χ4v) is 5.10. The summed E-state index contributed by atoms with van der Waals surface area (Å²) in [6.07, 6.45) is 4.09. The number of carbonyl (C=O) groups excluding carboxylic acids is 1. The smallest absolute Gasteiger partial charge is 0.262 e. The van der Waals surface area contributed by atoms with Crippen LogP contribution in [0.2, 0.25) is 0 Å². The molecule has 0 bridgehead atoms. The van der Waals surface area contributed by atoms with E-state index in [1.165, 1.54) is 52.0 Å². The first kappa shape index (κ1) is 19.1. The van der Waals surface area contributed by atoms with Crippen molar-refractivity contribution >= 4 is 43.9 Å². The van der Waals surface area contributed by atoms with E-state index in [0.29, 0.717) is 21.3 Å². The Hall–Kier alpha value is -2.84. The van der Waals surface area contributed by atoms with Crippen LogP contribution in [-0.2, 0) is 11.3 Å². The van der Waals surface area contributed by atoms with Crippen molar-refractivity contribution in [1.29, 1.82) is 0 Å². The first-order valence-electron chi connectivity index (χ1n) is 9.87. The number of carbonyl (C=O) groups is 1. The fourth-order valence-electron chi connectivity index (χ4n) is 3.39. The first-order valence-corrected chi connectivity index (χ1v) is 11.6. The van der Waals surface area contributed by atoms with E-state index in [-0.39, 0.29) is 24.4 Å². The summed E-state index contributed by atoms with van der Waals surface area (Å²) >= 11 is 2.91. The third-order valence-corrected chi connectivity index (χ3v) is 6.93. The van der Waals surface area contributed by atoms with Crippen molar-refractivity contribution in [1.82, 2.24) is 14.5 Å². The molecule has 8 heteroatoms. The van der Waals surface area contributed by atoms with Gasteiger partial charge in [-0.25, -0.2) is 9.97 Å². The Morgan fingerprint density at radius 3 is 2.77 bits per heavy atom. The molecule has 6 nitrogen and oxygen atoms in total. The summed E-state index contributed by atoms with van der Waals surface area (Å²) < 4.78 is 1.52. The van der Waals surface area contributed by atoms with E-state index in [0.717, 1.165) is 16.8 Å². The SMILES string of the molecule is Cc1ccc(-c2csc3ncn(CCC(=O)Nc4nc(C5CC5)cs4)c(=O)c23)cc1. The maximum Gasteiger partial charge on any atom is 0.262 e. The molecule has 1 amide bonds. The maximum absolute atomic E-state index is 13.1. The molecule has 0 saturated heterocycles. The van der Waals surface area contributed by atoms with Gasteiger partial charge in [0.25, 0.3) is 5.56 Å². The van der Waals surface area contributed by atoms with E-state index in [4.69, 9.17) is 0 Å². The molecule has 5 rings (SSSR count). The van der Waals surface area contributed by atoms with Crippen LogP contribution in [0.5, 0.6) is 0 Å². The number of fused-ring (bicyclic) bond motifs is 1. The van der Waals surface area contributed by atoms with Gasteiger partial charge in [0.05, 0.1) is 17.4 Å². The Bertz CT molecular complexity index is 1280. The number of thiophene rings is 1. The molecule has 0 unspecified atom stereocenters. The zero-order valence-electron chi connectivity index (χ0n) is 16.4. The summed E-state index contributed by atoms with van der Waals surface area (Å²) in [5.74, 6) is 0.416. The average Bonchev–Trinajstić information content (AvgIpc) is 3.33. The highest BCUT2D eigenvalue weighted by Crippen LogP contribution is 2.40. The van der Waals surface area contributed by atoms with Gasteiger partial charge in [0.15, 0.2) is 5.13 Å². The highest BCUT2D eigenvalue weighted by molar-refractivity contribution is 7.17. The number of aromatic nitrogens is 3. The van der Waals surface area contributed by atoms with Crippen LogP contribution in [0.4, 0.5) is 5.13 Å². The number of rotatable bonds is 6. The number of thiazole rings is 1. The van der Waals surface area contributed by atoms with Gasteiger partial charge in [-0.1, -0.05) is 29.8 Å². The molecule has 3 heterocycles. The van der Waals surface area contributed by atoms with Crippen LogP contribution in [-0.4, -0.2) is 20.4 Å². The number of hydrogen-bond donors (Lipinski definition) is 1. The van der Waals surface area contributed by atoms with Gasteiger partial charge in [-0.15, -0.1) is 22.7 Å². The standard InChI is InChI=1S/C22H20N4O2S2/c1-13-2-4-14(5-3-13)16-10-29-20-19(16)21(28)26(12-23-20)9-8-18(27)25-22-24-17(11-30-22)15-6-7-15/h2-5,10-12,15H,6-9H2,1H3,(H,24,25,27). The molecule has 0 atom stereocenters. The van der Waals surface area contributed by atoms with Crippen LogP contribution in [0.3, 0.4) is 0 Å². The van der Waals surface area contributed by atoms with Gasteiger partial charge in [-0.3, -0.25) is 14.2 Å². The number of hydrogen-bond acceptors (Lipinski definition) is 6. The van der Waals surface area contributed by atoms with E-state index >= 15 is 0 Å². The van der Waals surface area contributed by atoms with Crippen LogP contribution in [0.15, 0.2) is 46.1 Å². The zero-order chi connectivity index (χ0) is 20.7. The quantitative estimate of drug-likeness (QED) is 0.471. The highest BCUT2D eigenvalue weighted by Gasteiger charge is 2.26. The molecule has 0 aliphatic heterocycles. The van der Waals surface area contributed by atoms with Gasteiger partial charge in [-0.2, -0.15) is 0 Å². The maximum atomic E-state index is 13.1. The molecule has 1 aliphatic rings. The van der Waals surface area contributed by atoms with Crippen molar-refractivity contribution in [3.63, 3.8) is 0 Å². The Morgan fingerprint density at radius 2 is 2.00 bits per heavy atom. The lowest BCUT2D eigenvalue weighted by molar-refractivity contribution is -0.116. The number of benzene rings is 1. The molecular weight excluding hydrogens is 416 g/mol. The van der Waals surface area contributed by atoms with E-state index in [1.54, 1.807) is 0 Å². The second-order valence-corrected chi connectivity index (χ2v) is 9.30. The predicted octanol–water partition coefficient (Wildman–Crippen LogP) is 4.80. The number of amides is 1. The first-order chi connectivity index (χ1) is 14.6. The number of aryl methyl sites for hydroxylation is 2. The second-order valence-electron chi connectivity index (χ2n) is 7.59. The summed E-state index contributed by atoms with van der Waals surface area (Å²) in [5.41, 5.74) is 4.01. The molecule has 1 saturated carbocycles. The Morgan fingerprint density at radius 1 is 1.20 bits per heavy atom. The summed E-state index contributed by atoms with van der Waals surface area (Å²) in [7, 11) is 0. The highest BCUT2D eigenvalue weighted by atomic mass is 32.1. The van der Waals surface area contributed by atoms with Crippen LogP contribution >= 0.6 is 22.7 Å². The Kier molecular flexibility index (Phi) is 4.96. The zero-order valence-corrected chi connectivity index (χ0v) is 18.1. The molecule has 1 aromatic carbocycles. The van der Waals surface area contributed by atoms with Gasteiger partial charge in [0, 0.05) is 35.2 Å². The largest absolute Gasteiger partial charge is 0.302 e. The van der Waals surface area contributed by atoms with Crippen molar-refractivity contribution in [2.24, 2.45) is 0 Å². The lowest BCUT2D eigenvalue weighted by Gasteiger charge is -2.06. The van der Waals surface area contributed by atoms with Crippen molar-refractivity contribution in [3.8, 4) is 11.1 Å². The van der Waals surface area contributed by atoms with Crippen LogP contribution in [0.25, 0.3) is 21.3 Å². The summed E-state index contributed by atoms with van der Waals surface area (Å²) in [4.78, 5) is 35.1. The lowest BCUT2D eigenvalue weighted by atomic mass is 10.1. The van der Waals surface area contributed by atoms with Crippen LogP contribution in [0, 0.1) is 6.92 Å². The van der Waals surface area contributed by atoms with Gasteiger partial charge in [0.1, 0.15) is 4.83 Å². The normalized spacial score (nSPS) is 13.6. The minimum absolute atomic E-state index is 0.116. The third-order valence-electron chi connectivity index (χ3n) is 5.27. The molecule has 30 heavy (non-hydrogen) atoms. The minimum Gasteiger partial charge on any atom is -0.302 e. The van der Waals surface area contributed by atoms with Crippen LogP contribution in [0.1, 0.15) is 36.4 Å². The number of nitrogens with zero attached hydrogens (tertiary/aromatic N) is 3. The Balaban J connectivity index is 1.33. The minimum atomic E-state index is -0.150. The van der Waals surface area contributed by atoms with Gasteiger partial charge in [-0.05, 0) is 25.3 Å². The molecule has 0 spiro atoms. The summed E-state index contributed by atoms with van der Waals surface area (Å²) in [6.45, 7) is 2.31. The topological polar surface area (TPSA) is 76.9 Å². The third kappa shape index (κ3) is 3.80. The van der Waals surface area contributed by atoms with E-state index in [9.17, 15) is 9.59 Å². The van der Waals surface area contributed by atoms with Crippen molar-refractivity contribution in [2.45, 2.75) is 38.6 Å². The van der Waals surface area contributed by atoms with Crippen molar-refractivity contribution < 1.29 is 4.79 Å². The van der Waals surface area contributed by atoms with E-state index in [2.05, 4.69) is 15.3 Å². The molecule has 3 aromatic heterocycles. The molecule has 1 N–H and O–H groups in total. The van der Waals surface area contributed by atoms with Gasteiger partial charge >= 0.3 is 0 Å². The van der Waals surface area contributed by atoms with Crippen molar-refractivity contribution in [3.05, 3.63) is 63.0 Å². The van der Waals surface area contributed by atoms with Crippen molar-refractivity contribution in [2.75, 3.05) is 5.32 Å². The summed E-state index contributed by atoms with van der Waals surface area (Å²) in [6, 6.07) is 8.10. The van der Waals surface area contributed by atoms with E-state index in [1.807, 2.05) is 41.9 Å². The lowest BCUT2D eigenvalue weighted by Crippen LogP contribution is -2.23. The summed E-state index contributed by atoms with van der Waals surface area (Å²) in [5, 5.41) is 8.07. The Labute approximate surface area is 181 Å². The second kappa shape index (κ2) is 7.77. The van der Waals surface area contributed by atoms with Crippen LogP contribution < -0.4 is 10.9 Å². The number of anilines is 1. The molecule has 1 aliphatic carbocycles. The van der Waals surface area contributed by atoms with Gasteiger partial charge in [0.2, 0.25) is 5.91 Å². The van der Waals surface area contributed by atoms with E-state index < -0.39 is 0 Å². The molecular formula is C22H20N4O2S2. The fraction of sp³-hybridized carbons (Fsp3) is 0.273. The molecule has 0 radical (unpaired) electrons.